The first kappa shape index (κ1) is 20.7. The first-order valence-corrected chi connectivity index (χ1v) is 10.3. The SMILES string of the molecule is CCOC(=O)CC1=CC(SCC(=O)Nc2cccc(C)c2)=Nc2ccccc2N1. The molecule has 0 aromatic heterocycles. The molecule has 7 heteroatoms. The fourth-order valence-electron chi connectivity index (χ4n) is 2.78. The average Bonchev–Trinajstić information content (AvgIpc) is 2.85. The summed E-state index contributed by atoms with van der Waals surface area (Å²) in [4.78, 5) is 28.9. The first-order chi connectivity index (χ1) is 14.0. The molecule has 1 amide bonds. The van der Waals surface area contributed by atoms with Gasteiger partial charge < -0.3 is 15.4 Å². The molecule has 0 aliphatic carbocycles. The minimum atomic E-state index is -0.313. The van der Waals surface area contributed by atoms with Crippen molar-refractivity contribution in [2.75, 3.05) is 23.0 Å². The van der Waals surface area contributed by atoms with Gasteiger partial charge in [-0.1, -0.05) is 36.0 Å². The maximum atomic E-state index is 12.3. The van der Waals surface area contributed by atoms with Gasteiger partial charge in [0.2, 0.25) is 5.91 Å². The molecule has 29 heavy (non-hydrogen) atoms. The molecular formula is C22H23N3O3S. The van der Waals surface area contributed by atoms with Crippen LogP contribution in [0.1, 0.15) is 18.9 Å². The van der Waals surface area contributed by atoms with Crippen molar-refractivity contribution in [2.24, 2.45) is 4.99 Å². The molecule has 1 heterocycles. The Balaban J connectivity index is 1.71. The van der Waals surface area contributed by atoms with Gasteiger partial charge in [-0.3, -0.25) is 9.59 Å². The second kappa shape index (κ2) is 9.93. The van der Waals surface area contributed by atoms with E-state index in [2.05, 4.69) is 15.6 Å². The third-order valence-corrected chi connectivity index (χ3v) is 4.93. The molecule has 0 bridgehead atoms. The molecule has 2 aromatic rings. The normalized spacial score (nSPS) is 12.6. The Morgan fingerprint density at radius 2 is 2.00 bits per heavy atom. The minimum absolute atomic E-state index is 0.108. The maximum absolute atomic E-state index is 12.3. The molecule has 0 saturated heterocycles. The van der Waals surface area contributed by atoms with Gasteiger partial charge in [0.1, 0.15) is 0 Å². The van der Waals surface area contributed by atoms with Crippen molar-refractivity contribution in [3.8, 4) is 0 Å². The molecule has 2 N–H and O–H groups in total. The number of ether oxygens (including phenoxy) is 1. The van der Waals surface area contributed by atoms with Gasteiger partial charge in [-0.15, -0.1) is 0 Å². The van der Waals surface area contributed by atoms with Crippen LogP contribution in [0.3, 0.4) is 0 Å². The van der Waals surface area contributed by atoms with Crippen LogP contribution in [-0.2, 0) is 14.3 Å². The molecule has 2 aromatic carbocycles. The number of thioether (sulfide) groups is 1. The van der Waals surface area contributed by atoms with E-state index in [1.807, 2.05) is 55.5 Å². The third kappa shape index (κ3) is 6.22. The van der Waals surface area contributed by atoms with Crippen LogP contribution in [-0.4, -0.2) is 29.3 Å². The number of carbonyl (C=O) groups is 2. The summed E-state index contributed by atoms with van der Waals surface area (Å²) in [6.07, 6.45) is 1.90. The van der Waals surface area contributed by atoms with Crippen LogP contribution in [0.25, 0.3) is 0 Å². The van der Waals surface area contributed by atoms with E-state index in [0.29, 0.717) is 17.3 Å². The van der Waals surface area contributed by atoms with Gasteiger partial charge in [0.05, 0.1) is 35.2 Å². The van der Waals surface area contributed by atoms with Gasteiger partial charge in [-0.05, 0) is 49.8 Å². The Bertz CT molecular complexity index is 969. The molecule has 150 valence electrons. The Labute approximate surface area is 174 Å². The zero-order chi connectivity index (χ0) is 20.6. The quantitative estimate of drug-likeness (QED) is 0.679. The number of para-hydroxylation sites is 2. The Morgan fingerprint density at radius 1 is 1.17 bits per heavy atom. The van der Waals surface area contributed by atoms with Crippen molar-refractivity contribution >= 4 is 45.7 Å². The highest BCUT2D eigenvalue weighted by molar-refractivity contribution is 8.14. The van der Waals surface area contributed by atoms with E-state index in [1.54, 1.807) is 13.0 Å². The number of aliphatic imine (C=N–C) groups is 1. The van der Waals surface area contributed by atoms with Gasteiger partial charge in [0.15, 0.2) is 0 Å². The standard InChI is InChI=1S/C22H23N3O3S/c1-3-28-22(27)13-17-12-21(25-19-10-5-4-9-18(19)23-17)29-14-20(26)24-16-8-6-7-15(2)11-16/h4-12,23H,3,13-14H2,1-2H3,(H,24,26). The van der Waals surface area contributed by atoms with Crippen LogP contribution < -0.4 is 10.6 Å². The molecule has 1 aliphatic heterocycles. The third-order valence-electron chi connectivity index (χ3n) is 4.02. The monoisotopic (exact) mass is 409 g/mol. The number of aryl methyl sites for hydroxylation is 1. The lowest BCUT2D eigenvalue weighted by atomic mass is 10.2. The molecule has 0 atom stereocenters. The Morgan fingerprint density at radius 3 is 2.79 bits per heavy atom. The highest BCUT2D eigenvalue weighted by atomic mass is 32.2. The highest BCUT2D eigenvalue weighted by Gasteiger charge is 2.15. The van der Waals surface area contributed by atoms with E-state index in [-0.39, 0.29) is 24.1 Å². The van der Waals surface area contributed by atoms with Gasteiger partial charge in [0, 0.05) is 11.4 Å². The van der Waals surface area contributed by atoms with Crippen LogP contribution in [0, 0.1) is 6.92 Å². The van der Waals surface area contributed by atoms with Crippen LogP contribution >= 0.6 is 11.8 Å². The van der Waals surface area contributed by atoms with Gasteiger partial charge >= 0.3 is 5.97 Å². The zero-order valence-electron chi connectivity index (χ0n) is 16.4. The summed E-state index contributed by atoms with van der Waals surface area (Å²) in [5.74, 6) is -0.223. The van der Waals surface area contributed by atoms with E-state index in [0.717, 1.165) is 22.6 Å². The largest absolute Gasteiger partial charge is 0.466 e. The molecule has 1 aliphatic rings. The number of esters is 1. The summed E-state index contributed by atoms with van der Waals surface area (Å²) in [5, 5.41) is 6.79. The summed E-state index contributed by atoms with van der Waals surface area (Å²) in [7, 11) is 0. The fraction of sp³-hybridized carbons (Fsp3) is 0.227. The predicted molar refractivity (Wildman–Crippen MR) is 119 cm³/mol. The number of carbonyl (C=O) groups excluding carboxylic acids is 2. The number of rotatable bonds is 6. The second-order valence-corrected chi connectivity index (χ2v) is 7.45. The van der Waals surface area contributed by atoms with E-state index < -0.39 is 0 Å². The van der Waals surface area contributed by atoms with Crippen LogP contribution in [0.15, 0.2) is 65.3 Å². The van der Waals surface area contributed by atoms with Crippen molar-refractivity contribution in [1.82, 2.24) is 0 Å². The summed E-state index contributed by atoms with van der Waals surface area (Å²) in [5.41, 5.74) is 4.09. The summed E-state index contributed by atoms with van der Waals surface area (Å²) in [6.45, 7) is 4.08. The number of nitrogens with zero attached hydrogens (tertiary/aromatic N) is 1. The van der Waals surface area contributed by atoms with E-state index in [4.69, 9.17) is 4.74 Å². The maximum Gasteiger partial charge on any atom is 0.311 e. The molecular weight excluding hydrogens is 386 g/mol. The molecule has 0 fully saturated rings. The lowest BCUT2D eigenvalue weighted by molar-refractivity contribution is -0.142. The average molecular weight is 410 g/mol. The number of benzene rings is 2. The number of nitrogens with one attached hydrogen (secondary N) is 2. The summed E-state index contributed by atoms with van der Waals surface area (Å²) < 4.78 is 5.05. The summed E-state index contributed by atoms with van der Waals surface area (Å²) >= 11 is 1.32. The Hall–Kier alpha value is -3.06. The molecule has 0 radical (unpaired) electrons. The van der Waals surface area contributed by atoms with Crippen molar-refractivity contribution < 1.29 is 14.3 Å². The Kier molecular flexibility index (Phi) is 7.08. The van der Waals surface area contributed by atoms with Crippen LogP contribution in [0.5, 0.6) is 0 Å². The van der Waals surface area contributed by atoms with E-state index >= 15 is 0 Å². The molecule has 0 saturated carbocycles. The molecule has 6 nitrogen and oxygen atoms in total. The lowest BCUT2D eigenvalue weighted by Gasteiger charge is -2.10. The van der Waals surface area contributed by atoms with Crippen molar-refractivity contribution in [1.29, 1.82) is 0 Å². The van der Waals surface area contributed by atoms with Crippen molar-refractivity contribution in [3.05, 3.63) is 65.9 Å². The first-order valence-electron chi connectivity index (χ1n) is 9.33. The van der Waals surface area contributed by atoms with E-state index in [1.165, 1.54) is 11.8 Å². The van der Waals surface area contributed by atoms with Crippen molar-refractivity contribution in [3.63, 3.8) is 0 Å². The van der Waals surface area contributed by atoms with E-state index in [9.17, 15) is 9.59 Å². The smallest absolute Gasteiger partial charge is 0.311 e. The zero-order valence-corrected chi connectivity index (χ0v) is 17.2. The fourth-order valence-corrected chi connectivity index (χ4v) is 3.52. The van der Waals surface area contributed by atoms with Gasteiger partial charge in [-0.25, -0.2) is 4.99 Å². The highest BCUT2D eigenvalue weighted by Crippen LogP contribution is 2.31. The summed E-state index contributed by atoms with van der Waals surface area (Å²) in [6, 6.07) is 15.2. The number of amides is 1. The second-order valence-electron chi connectivity index (χ2n) is 6.45. The van der Waals surface area contributed by atoms with Gasteiger partial charge in [-0.2, -0.15) is 0 Å². The number of fused-ring (bicyclic) bond motifs is 1. The lowest BCUT2D eigenvalue weighted by Crippen LogP contribution is -2.15. The van der Waals surface area contributed by atoms with Gasteiger partial charge in [0.25, 0.3) is 0 Å². The number of hydrogen-bond acceptors (Lipinski definition) is 6. The topological polar surface area (TPSA) is 79.8 Å². The minimum Gasteiger partial charge on any atom is -0.466 e. The molecule has 0 unspecified atom stereocenters. The molecule has 3 rings (SSSR count). The molecule has 0 spiro atoms. The predicted octanol–water partition coefficient (Wildman–Crippen LogP) is 4.66. The number of anilines is 2. The number of hydrogen-bond donors (Lipinski definition) is 2. The van der Waals surface area contributed by atoms with Crippen LogP contribution in [0.2, 0.25) is 0 Å². The van der Waals surface area contributed by atoms with Crippen LogP contribution in [0.4, 0.5) is 17.1 Å². The van der Waals surface area contributed by atoms with Crippen molar-refractivity contribution in [2.45, 2.75) is 20.3 Å².